The molecule has 0 saturated carbocycles. The second kappa shape index (κ2) is 10.2. The number of nitrogens with zero attached hydrogens (tertiary/aromatic N) is 1. The van der Waals surface area contributed by atoms with Gasteiger partial charge in [-0.1, -0.05) is 59.7 Å². The van der Waals surface area contributed by atoms with Crippen LogP contribution in [0, 0.1) is 13.8 Å². The molecule has 0 bridgehead atoms. The van der Waals surface area contributed by atoms with E-state index in [9.17, 15) is 14.7 Å². The molecule has 0 aliphatic carbocycles. The minimum absolute atomic E-state index is 0.0499. The minimum Gasteiger partial charge on any atom is -0.507 e. The fourth-order valence-corrected chi connectivity index (χ4v) is 4.54. The van der Waals surface area contributed by atoms with E-state index in [0.29, 0.717) is 23.7 Å². The highest BCUT2D eigenvalue weighted by atomic mass is 16.5. The predicted molar refractivity (Wildman–Crippen MR) is 140 cm³/mol. The fraction of sp³-hybridized carbons (Fsp3) is 0.161. The molecule has 1 atom stereocenters. The molecule has 6 heteroatoms. The smallest absolute Gasteiger partial charge is 0.296 e. The van der Waals surface area contributed by atoms with Crippen molar-refractivity contribution in [3.63, 3.8) is 0 Å². The van der Waals surface area contributed by atoms with E-state index < -0.39 is 17.7 Å². The first kappa shape index (κ1) is 24.1. The first-order valence-corrected chi connectivity index (χ1v) is 12.1. The zero-order valence-electron chi connectivity index (χ0n) is 20.7. The number of amides is 1. The van der Waals surface area contributed by atoms with Gasteiger partial charge in [0.05, 0.1) is 24.4 Å². The van der Waals surface area contributed by atoms with Gasteiger partial charge in [-0.25, -0.2) is 0 Å². The maximum atomic E-state index is 13.2. The maximum absolute atomic E-state index is 13.2. The van der Waals surface area contributed by atoms with Crippen molar-refractivity contribution in [2.45, 2.75) is 33.0 Å². The first-order valence-electron chi connectivity index (χ1n) is 12.1. The Balaban J connectivity index is 1.46. The van der Waals surface area contributed by atoms with Crippen LogP contribution in [0.2, 0.25) is 0 Å². The summed E-state index contributed by atoms with van der Waals surface area (Å²) in [6, 6.07) is 25.3. The van der Waals surface area contributed by atoms with Crippen LogP contribution < -0.4 is 4.74 Å². The van der Waals surface area contributed by atoms with E-state index in [2.05, 4.69) is 6.07 Å². The zero-order chi connectivity index (χ0) is 25.9. The van der Waals surface area contributed by atoms with Crippen LogP contribution in [0.3, 0.4) is 0 Å². The number of carbonyl (C=O) groups is 2. The van der Waals surface area contributed by atoms with Crippen LogP contribution in [0.5, 0.6) is 5.75 Å². The third-order valence-corrected chi connectivity index (χ3v) is 6.46. The van der Waals surface area contributed by atoms with Gasteiger partial charge in [-0.3, -0.25) is 9.59 Å². The van der Waals surface area contributed by atoms with Crippen LogP contribution in [0.15, 0.2) is 101 Å². The first-order chi connectivity index (χ1) is 17.9. The molecule has 1 saturated heterocycles. The Labute approximate surface area is 215 Å². The Morgan fingerprint density at radius 1 is 0.919 bits per heavy atom. The van der Waals surface area contributed by atoms with Crippen molar-refractivity contribution >= 4 is 17.4 Å². The molecule has 1 aliphatic rings. The largest absolute Gasteiger partial charge is 0.507 e. The van der Waals surface area contributed by atoms with Gasteiger partial charge in [0.1, 0.15) is 23.9 Å². The summed E-state index contributed by atoms with van der Waals surface area (Å²) in [7, 11) is 0. The van der Waals surface area contributed by atoms with Crippen LogP contribution in [0.4, 0.5) is 0 Å². The Morgan fingerprint density at radius 2 is 1.68 bits per heavy atom. The molecule has 3 aromatic carbocycles. The summed E-state index contributed by atoms with van der Waals surface area (Å²) in [5, 5.41) is 11.3. The lowest BCUT2D eigenvalue weighted by molar-refractivity contribution is -0.140. The number of ether oxygens (including phenoxy) is 1. The molecule has 1 aliphatic heterocycles. The second-order valence-electron chi connectivity index (χ2n) is 9.22. The standard InChI is InChI=1S/C31H27NO5/c1-20-8-10-23(11-9-20)28-27(30(34)31(35)32(28)18-26-7-4-16-36-26)29(33)24-12-14-25(15-13-24)37-19-22-6-3-5-21(2)17-22/h3-17,28,33H,18-19H2,1-2H3. The van der Waals surface area contributed by atoms with E-state index in [1.807, 2.05) is 56.3 Å². The molecular formula is C31H27NO5. The third kappa shape index (κ3) is 5.05. The van der Waals surface area contributed by atoms with Gasteiger partial charge in [0.2, 0.25) is 0 Å². The van der Waals surface area contributed by atoms with Crippen molar-refractivity contribution in [2.24, 2.45) is 0 Å². The van der Waals surface area contributed by atoms with Crippen molar-refractivity contribution in [3.8, 4) is 5.75 Å². The SMILES string of the molecule is Cc1ccc(C2C(=C(O)c3ccc(OCc4cccc(C)c4)cc3)C(=O)C(=O)N2Cc2ccco2)cc1. The van der Waals surface area contributed by atoms with Crippen molar-refractivity contribution in [1.82, 2.24) is 4.90 Å². The zero-order valence-corrected chi connectivity index (χ0v) is 20.7. The molecule has 1 unspecified atom stereocenters. The quantitative estimate of drug-likeness (QED) is 0.191. The number of likely N-dealkylation sites (tertiary alicyclic amines) is 1. The highest BCUT2D eigenvalue weighted by Gasteiger charge is 2.46. The molecule has 5 rings (SSSR count). The monoisotopic (exact) mass is 493 g/mol. The number of hydrogen-bond acceptors (Lipinski definition) is 5. The number of aliphatic hydroxyl groups excluding tert-OH is 1. The molecular weight excluding hydrogens is 466 g/mol. The number of aliphatic hydroxyl groups is 1. The van der Waals surface area contributed by atoms with Gasteiger partial charge < -0.3 is 19.2 Å². The van der Waals surface area contributed by atoms with Crippen molar-refractivity contribution in [3.05, 3.63) is 130 Å². The van der Waals surface area contributed by atoms with Gasteiger partial charge in [-0.2, -0.15) is 0 Å². The lowest BCUT2D eigenvalue weighted by atomic mass is 9.94. The van der Waals surface area contributed by atoms with Crippen LogP contribution in [0.25, 0.3) is 5.76 Å². The average Bonchev–Trinajstić information content (AvgIpc) is 3.50. The highest BCUT2D eigenvalue weighted by molar-refractivity contribution is 6.46. The average molecular weight is 494 g/mol. The highest BCUT2D eigenvalue weighted by Crippen LogP contribution is 2.40. The number of rotatable bonds is 7. The molecule has 2 heterocycles. The van der Waals surface area contributed by atoms with E-state index in [4.69, 9.17) is 9.15 Å². The van der Waals surface area contributed by atoms with Crippen LogP contribution in [-0.2, 0) is 22.7 Å². The van der Waals surface area contributed by atoms with E-state index in [1.165, 1.54) is 11.2 Å². The fourth-order valence-electron chi connectivity index (χ4n) is 4.54. The number of benzene rings is 3. The van der Waals surface area contributed by atoms with E-state index >= 15 is 0 Å². The van der Waals surface area contributed by atoms with Gasteiger partial charge >= 0.3 is 0 Å². The Hall–Kier alpha value is -4.58. The molecule has 4 aromatic rings. The summed E-state index contributed by atoms with van der Waals surface area (Å²) < 4.78 is 11.3. The third-order valence-electron chi connectivity index (χ3n) is 6.46. The van der Waals surface area contributed by atoms with Gasteiger partial charge in [-0.15, -0.1) is 0 Å². The topological polar surface area (TPSA) is 80.0 Å². The number of Topliss-reactive ketones (excluding diaryl/α,β-unsaturated/α-hetero) is 1. The lowest BCUT2D eigenvalue weighted by Gasteiger charge is -2.24. The number of aryl methyl sites for hydroxylation is 2. The Morgan fingerprint density at radius 3 is 2.35 bits per heavy atom. The van der Waals surface area contributed by atoms with Crippen LogP contribution >= 0.6 is 0 Å². The van der Waals surface area contributed by atoms with Gasteiger partial charge in [-0.05, 0) is 61.4 Å². The van der Waals surface area contributed by atoms with E-state index in [0.717, 1.165) is 22.3 Å². The van der Waals surface area contributed by atoms with Crippen molar-refractivity contribution in [1.29, 1.82) is 0 Å². The summed E-state index contributed by atoms with van der Waals surface area (Å²) in [6.07, 6.45) is 1.52. The molecule has 186 valence electrons. The van der Waals surface area contributed by atoms with Crippen LogP contribution in [0.1, 0.15) is 39.6 Å². The molecule has 0 radical (unpaired) electrons. The molecule has 1 N–H and O–H groups in total. The normalized spacial score (nSPS) is 16.8. The van der Waals surface area contributed by atoms with E-state index in [1.54, 1.807) is 36.4 Å². The van der Waals surface area contributed by atoms with Crippen molar-refractivity contribution in [2.75, 3.05) is 0 Å². The summed E-state index contributed by atoms with van der Waals surface area (Å²) in [5.74, 6) is -0.451. The van der Waals surface area contributed by atoms with Crippen molar-refractivity contribution < 1.29 is 23.8 Å². The summed E-state index contributed by atoms with van der Waals surface area (Å²) >= 11 is 0. The van der Waals surface area contributed by atoms with Gasteiger partial charge in [0, 0.05) is 5.56 Å². The summed E-state index contributed by atoms with van der Waals surface area (Å²) in [6.45, 7) is 4.52. The molecule has 37 heavy (non-hydrogen) atoms. The molecule has 1 fully saturated rings. The number of hydrogen-bond donors (Lipinski definition) is 1. The maximum Gasteiger partial charge on any atom is 0.296 e. The minimum atomic E-state index is -0.747. The summed E-state index contributed by atoms with van der Waals surface area (Å²) in [5.41, 5.74) is 4.48. The molecule has 1 amide bonds. The molecule has 1 aromatic heterocycles. The number of furan rings is 1. The second-order valence-corrected chi connectivity index (χ2v) is 9.22. The van der Waals surface area contributed by atoms with E-state index in [-0.39, 0.29) is 17.9 Å². The number of carbonyl (C=O) groups excluding carboxylic acids is 2. The van der Waals surface area contributed by atoms with Gasteiger partial charge in [0.25, 0.3) is 11.7 Å². The summed E-state index contributed by atoms with van der Waals surface area (Å²) in [4.78, 5) is 27.7. The van der Waals surface area contributed by atoms with Crippen LogP contribution in [-0.4, -0.2) is 21.7 Å². The lowest BCUT2D eigenvalue weighted by Crippen LogP contribution is -2.29. The van der Waals surface area contributed by atoms with Gasteiger partial charge in [0.15, 0.2) is 0 Å². The Bertz CT molecular complexity index is 1450. The Kier molecular flexibility index (Phi) is 6.64. The molecule has 0 spiro atoms. The molecule has 6 nitrogen and oxygen atoms in total. The number of ketones is 1. The predicted octanol–water partition coefficient (Wildman–Crippen LogP) is 6.10.